The van der Waals surface area contributed by atoms with Crippen LogP contribution in [0.25, 0.3) is 0 Å². The molecule has 0 aromatic heterocycles. The van der Waals surface area contributed by atoms with Crippen LogP contribution >= 0.6 is 0 Å². The molecular weight excluding hydrogens is 182 g/mol. The number of hydrogen-bond acceptors (Lipinski definition) is 1. The molecule has 0 bridgehead atoms. The highest BCUT2D eigenvalue weighted by atomic mass is 14.6. The van der Waals surface area contributed by atoms with Crippen molar-refractivity contribution in [2.75, 3.05) is 6.54 Å². The van der Waals surface area contributed by atoms with Crippen LogP contribution in [0, 0.1) is 0 Å². The molecule has 0 aliphatic heterocycles. The van der Waals surface area contributed by atoms with Crippen LogP contribution in [0.1, 0.15) is 43.7 Å². The Balaban J connectivity index is 2.33. The summed E-state index contributed by atoms with van der Waals surface area (Å²) in [7, 11) is 0. The third-order valence-electron chi connectivity index (χ3n) is 3.90. The molecule has 0 saturated heterocycles. The van der Waals surface area contributed by atoms with E-state index in [-0.39, 0.29) is 0 Å². The van der Waals surface area contributed by atoms with Crippen LogP contribution in [-0.2, 0) is 11.8 Å². The van der Waals surface area contributed by atoms with Crippen molar-refractivity contribution in [3.63, 3.8) is 0 Å². The van der Waals surface area contributed by atoms with Crippen molar-refractivity contribution in [2.45, 2.75) is 44.4 Å². The van der Waals surface area contributed by atoms with Crippen LogP contribution in [0.15, 0.2) is 24.3 Å². The van der Waals surface area contributed by atoms with Crippen molar-refractivity contribution < 1.29 is 0 Å². The molecule has 0 heterocycles. The molecule has 2 N–H and O–H groups in total. The van der Waals surface area contributed by atoms with E-state index in [0.717, 1.165) is 13.0 Å². The maximum Gasteiger partial charge on any atom is 0.00756 e. The third kappa shape index (κ3) is 1.93. The van der Waals surface area contributed by atoms with Gasteiger partial charge in [-0.05, 0) is 30.4 Å². The number of nitrogens with two attached hydrogens (primary N) is 1. The number of hydrogen-bond donors (Lipinski definition) is 1. The van der Waals surface area contributed by atoms with E-state index in [1.54, 1.807) is 0 Å². The van der Waals surface area contributed by atoms with E-state index in [4.69, 9.17) is 5.73 Å². The van der Waals surface area contributed by atoms with Gasteiger partial charge in [-0.25, -0.2) is 0 Å². The molecule has 1 saturated carbocycles. The Labute approximate surface area is 92.7 Å². The third-order valence-corrected chi connectivity index (χ3v) is 3.90. The highest BCUT2D eigenvalue weighted by Gasteiger charge is 2.33. The van der Waals surface area contributed by atoms with Gasteiger partial charge in [0.15, 0.2) is 0 Å². The minimum Gasteiger partial charge on any atom is -0.330 e. The van der Waals surface area contributed by atoms with Crippen molar-refractivity contribution in [3.8, 4) is 0 Å². The smallest absolute Gasteiger partial charge is 0.00756 e. The summed E-state index contributed by atoms with van der Waals surface area (Å²) in [5.74, 6) is 0. The van der Waals surface area contributed by atoms with Gasteiger partial charge in [-0.15, -0.1) is 0 Å². The van der Waals surface area contributed by atoms with E-state index in [0.29, 0.717) is 5.41 Å². The summed E-state index contributed by atoms with van der Waals surface area (Å²) in [6, 6.07) is 9.02. The zero-order valence-corrected chi connectivity index (χ0v) is 9.63. The van der Waals surface area contributed by atoms with Crippen LogP contribution in [0.4, 0.5) is 0 Å². The van der Waals surface area contributed by atoms with Gasteiger partial charge in [0, 0.05) is 12.0 Å². The lowest BCUT2D eigenvalue weighted by atomic mass is 9.78. The van der Waals surface area contributed by atoms with Crippen molar-refractivity contribution in [2.24, 2.45) is 5.73 Å². The van der Waals surface area contributed by atoms with Gasteiger partial charge in [-0.1, -0.05) is 44.0 Å². The molecule has 1 aromatic rings. The van der Waals surface area contributed by atoms with E-state index >= 15 is 0 Å². The molecule has 1 aliphatic rings. The molecule has 0 unspecified atom stereocenters. The topological polar surface area (TPSA) is 26.0 Å². The van der Waals surface area contributed by atoms with E-state index in [1.807, 2.05) is 0 Å². The van der Waals surface area contributed by atoms with Crippen LogP contribution in [-0.4, -0.2) is 6.54 Å². The molecule has 2 rings (SSSR count). The minimum atomic E-state index is 0.297. The lowest BCUT2D eigenvalue weighted by molar-refractivity contribution is 0.452. The average molecular weight is 203 g/mol. The molecule has 15 heavy (non-hydrogen) atoms. The molecule has 0 atom stereocenters. The Kier molecular flexibility index (Phi) is 3.11. The van der Waals surface area contributed by atoms with Gasteiger partial charge in [0.2, 0.25) is 0 Å². The summed E-state index contributed by atoms with van der Waals surface area (Å²) in [4.78, 5) is 0. The Morgan fingerprint density at radius 1 is 1.27 bits per heavy atom. The van der Waals surface area contributed by atoms with Crippen LogP contribution in [0.2, 0.25) is 0 Å². The largest absolute Gasteiger partial charge is 0.330 e. The highest BCUT2D eigenvalue weighted by molar-refractivity contribution is 5.31. The summed E-state index contributed by atoms with van der Waals surface area (Å²) in [5.41, 5.74) is 9.20. The molecule has 0 spiro atoms. The lowest BCUT2D eigenvalue weighted by Crippen LogP contribution is -2.32. The second kappa shape index (κ2) is 4.36. The molecule has 0 amide bonds. The van der Waals surface area contributed by atoms with Crippen LogP contribution in [0.3, 0.4) is 0 Å². The highest BCUT2D eigenvalue weighted by Crippen LogP contribution is 2.40. The van der Waals surface area contributed by atoms with E-state index in [2.05, 4.69) is 31.2 Å². The fourth-order valence-corrected chi connectivity index (χ4v) is 2.78. The zero-order chi connectivity index (χ0) is 10.7. The first-order valence-corrected chi connectivity index (χ1v) is 6.10. The van der Waals surface area contributed by atoms with Crippen LogP contribution in [0.5, 0.6) is 0 Å². The Hall–Kier alpha value is -0.820. The summed E-state index contributed by atoms with van der Waals surface area (Å²) in [5, 5.41) is 0. The maximum atomic E-state index is 5.99. The fourth-order valence-electron chi connectivity index (χ4n) is 2.78. The van der Waals surface area contributed by atoms with Crippen molar-refractivity contribution in [3.05, 3.63) is 35.4 Å². The molecule has 1 fully saturated rings. The van der Waals surface area contributed by atoms with Crippen molar-refractivity contribution >= 4 is 0 Å². The summed E-state index contributed by atoms with van der Waals surface area (Å²) in [6.45, 7) is 3.02. The SMILES string of the molecule is CCc1cccc(C2(CN)CCCC2)c1. The van der Waals surface area contributed by atoms with E-state index in [1.165, 1.54) is 36.8 Å². The van der Waals surface area contributed by atoms with Crippen LogP contribution < -0.4 is 5.73 Å². The molecular formula is C14H21N. The standard InChI is InChI=1S/C14H21N/c1-2-12-6-5-7-13(10-12)14(11-15)8-3-4-9-14/h5-7,10H,2-4,8-9,11,15H2,1H3. The molecule has 1 aliphatic carbocycles. The summed E-state index contributed by atoms with van der Waals surface area (Å²) >= 11 is 0. The van der Waals surface area contributed by atoms with Gasteiger partial charge in [-0.3, -0.25) is 0 Å². The molecule has 82 valence electrons. The lowest BCUT2D eigenvalue weighted by Gasteiger charge is -2.28. The second-order valence-corrected chi connectivity index (χ2v) is 4.75. The van der Waals surface area contributed by atoms with Crippen molar-refractivity contribution in [1.82, 2.24) is 0 Å². The Bertz CT molecular complexity index is 324. The second-order valence-electron chi connectivity index (χ2n) is 4.75. The maximum absolute atomic E-state index is 5.99. The molecule has 1 aromatic carbocycles. The van der Waals surface area contributed by atoms with E-state index in [9.17, 15) is 0 Å². The monoisotopic (exact) mass is 203 g/mol. The molecule has 1 heteroatoms. The minimum absolute atomic E-state index is 0.297. The predicted octanol–water partition coefficient (Wildman–Crippen LogP) is 3.02. The first kappa shape index (κ1) is 10.7. The van der Waals surface area contributed by atoms with E-state index < -0.39 is 0 Å². The summed E-state index contributed by atoms with van der Waals surface area (Å²) < 4.78 is 0. The molecule has 0 radical (unpaired) electrons. The summed E-state index contributed by atoms with van der Waals surface area (Å²) in [6.07, 6.45) is 6.35. The number of rotatable bonds is 3. The molecule has 1 nitrogen and oxygen atoms in total. The van der Waals surface area contributed by atoms with Gasteiger partial charge < -0.3 is 5.73 Å². The van der Waals surface area contributed by atoms with Gasteiger partial charge in [-0.2, -0.15) is 0 Å². The van der Waals surface area contributed by atoms with Gasteiger partial charge in [0.25, 0.3) is 0 Å². The van der Waals surface area contributed by atoms with Gasteiger partial charge >= 0.3 is 0 Å². The number of benzene rings is 1. The quantitative estimate of drug-likeness (QED) is 0.803. The first-order valence-electron chi connectivity index (χ1n) is 6.10. The Morgan fingerprint density at radius 3 is 2.60 bits per heavy atom. The normalized spacial score (nSPS) is 19.3. The average Bonchev–Trinajstić information content (AvgIpc) is 2.79. The first-order chi connectivity index (χ1) is 7.30. The zero-order valence-electron chi connectivity index (χ0n) is 9.63. The fraction of sp³-hybridized carbons (Fsp3) is 0.571. The predicted molar refractivity (Wildman–Crippen MR) is 65.0 cm³/mol. The van der Waals surface area contributed by atoms with Gasteiger partial charge in [0.05, 0.1) is 0 Å². The van der Waals surface area contributed by atoms with Gasteiger partial charge in [0.1, 0.15) is 0 Å². The van der Waals surface area contributed by atoms with Crippen molar-refractivity contribution in [1.29, 1.82) is 0 Å². The Morgan fingerprint density at radius 2 is 2.00 bits per heavy atom. The number of aryl methyl sites for hydroxylation is 1.